The predicted octanol–water partition coefficient (Wildman–Crippen LogP) is 9.28. The summed E-state index contributed by atoms with van der Waals surface area (Å²) >= 11 is 0. The second-order valence-electron chi connectivity index (χ2n) is 12.4. The van der Waals surface area contributed by atoms with E-state index in [1.54, 1.807) is 31.2 Å². The van der Waals surface area contributed by atoms with Gasteiger partial charge in [0.15, 0.2) is 12.4 Å². The molecule has 2 aromatic rings. The van der Waals surface area contributed by atoms with Gasteiger partial charge in [-0.15, -0.1) is 0 Å². The molecule has 0 radical (unpaired) electrons. The van der Waals surface area contributed by atoms with Crippen LogP contribution in [0, 0.1) is 0 Å². The van der Waals surface area contributed by atoms with Crippen molar-refractivity contribution in [3.63, 3.8) is 0 Å². The number of rotatable bonds is 25. The zero-order valence-electron chi connectivity index (χ0n) is 30.1. The van der Waals surface area contributed by atoms with Crippen LogP contribution in [0.3, 0.4) is 0 Å². The third-order valence-corrected chi connectivity index (χ3v) is 8.41. The molecule has 0 saturated carbocycles. The molecule has 0 aromatic heterocycles. The Hall–Kier alpha value is -3.46. The van der Waals surface area contributed by atoms with Crippen molar-refractivity contribution in [2.45, 2.75) is 122 Å². The van der Waals surface area contributed by atoms with Gasteiger partial charge >= 0.3 is 11.9 Å². The van der Waals surface area contributed by atoms with Gasteiger partial charge in [-0.3, -0.25) is 0 Å². The van der Waals surface area contributed by atoms with Crippen molar-refractivity contribution in [3.05, 3.63) is 84.5 Å². The van der Waals surface area contributed by atoms with Crippen LogP contribution < -0.4 is 9.47 Å². The fraction of sp³-hybridized carbons (Fsp3) is 0.561. The summed E-state index contributed by atoms with van der Waals surface area (Å²) in [5.74, 6) is -0.0402. The maximum absolute atomic E-state index is 13.7. The fourth-order valence-electron chi connectivity index (χ4n) is 5.56. The van der Waals surface area contributed by atoms with Gasteiger partial charge in [-0.2, -0.15) is 0 Å². The highest BCUT2D eigenvalue weighted by Gasteiger charge is 2.38. The number of unbranched alkanes of at least 4 members (excludes halogenated alkanes) is 8. The van der Waals surface area contributed by atoms with E-state index in [9.17, 15) is 9.59 Å². The van der Waals surface area contributed by atoms with E-state index in [4.69, 9.17) is 28.4 Å². The molecule has 2 aromatic carbocycles. The molecule has 1 aliphatic carbocycles. The maximum Gasteiger partial charge on any atom is 0.351 e. The van der Waals surface area contributed by atoms with Crippen LogP contribution in [0.15, 0.2) is 78.9 Å². The lowest BCUT2D eigenvalue weighted by molar-refractivity contribution is -0.151. The van der Waals surface area contributed by atoms with Gasteiger partial charge in [0.1, 0.15) is 11.5 Å². The van der Waals surface area contributed by atoms with Crippen LogP contribution in [0.25, 0.3) is 0 Å². The van der Waals surface area contributed by atoms with Crippen LogP contribution in [0.2, 0.25) is 0 Å². The van der Waals surface area contributed by atoms with E-state index in [0.717, 1.165) is 50.5 Å². The molecule has 0 spiro atoms. The molecule has 3 rings (SSSR count). The summed E-state index contributed by atoms with van der Waals surface area (Å²) in [6.07, 6.45) is 18.5. The predicted molar refractivity (Wildman–Crippen MR) is 193 cm³/mol. The van der Waals surface area contributed by atoms with E-state index in [1.165, 1.54) is 25.7 Å². The number of hydrogen-bond acceptors (Lipinski definition) is 8. The Labute approximate surface area is 294 Å². The molecule has 8 nitrogen and oxygen atoms in total. The van der Waals surface area contributed by atoms with Crippen molar-refractivity contribution in [2.24, 2.45) is 0 Å². The Morgan fingerprint density at radius 1 is 0.714 bits per heavy atom. The molecule has 0 saturated heterocycles. The highest BCUT2D eigenvalue weighted by atomic mass is 16.7. The molecule has 0 fully saturated rings. The van der Waals surface area contributed by atoms with Gasteiger partial charge in [0.05, 0.1) is 6.61 Å². The summed E-state index contributed by atoms with van der Waals surface area (Å²) in [7, 11) is 0. The van der Waals surface area contributed by atoms with Crippen molar-refractivity contribution in [1.82, 2.24) is 0 Å². The second kappa shape index (κ2) is 23.0. The summed E-state index contributed by atoms with van der Waals surface area (Å²) in [5.41, 5.74) is -0.183. The van der Waals surface area contributed by atoms with Crippen LogP contribution in [-0.2, 0) is 28.5 Å². The van der Waals surface area contributed by atoms with Crippen LogP contribution in [-0.4, -0.2) is 56.4 Å². The van der Waals surface area contributed by atoms with Gasteiger partial charge in [-0.05, 0) is 88.4 Å². The number of allylic oxidation sites excluding steroid dienone is 2. The Morgan fingerprint density at radius 3 is 1.92 bits per heavy atom. The SMILES string of the molecule is CCCCOC(=O)C(C)Oc1ccc(OC(=O)C2(OCCCCCCCCCCC(OCC)OCC)C=CC(c3ccccc3)C=C2)cc1. The lowest BCUT2D eigenvalue weighted by Gasteiger charge is -2.29. The number of esters is 2. The summed E-state index contributed by atoms with van der Waals surface area (Å²) in [6.45, 7) is 9.88. The molecular formula is C41H58O8. The first-order valence-electron chi connectivity index (χ1n) is 18.4. The van der Waals surface area contributed by atoms with Crippen LogP contribution in [0.4, 0.5) is 0 Å². The number of carbonyl (C=O) groups excluding carboxylic acids is 2. The van der Waals surface area contributed by atoms with Crippen molar-refractivity contribution in [3.8, 4) is 11.5 Å². The lowest BCUT2D eigenvalue weighted by Crippen LogP contribution is -2.42. The van der Waals surface area contributed by atoms with Crippen molar-refractivity contribution in [2.75, 3.05) is 26.4 Å². The number of ether oxygens (including phenoxy) is 6. The first-order valence-corrected chi connectivity index (χ1v) is 18.4. The number of benzene rings is 2. The lowest BCUT2D eigenvalue weighted by atomic mass is 9.88. The van der Waals surface area contributed by atoms with E-state index in [-0.39, 0.29) is 12.2 Å². The van der Waals surface area contributed by atoms with E-state index in [2.05, 4.69) is 12.1 Å². The van der Waals surface area contributed by atoms with Crippen LogP contribution >= 0.6 is 0 Å². The molecule has 1 unspecified atom stereocenters. The molecule has 0 heterocycles. The number of carbonyl (C=O) groups is 2. The molecule has 0 aliphatic heterocycles. The van der Waals surface area contributed by atoms with E-state index in [0.29, 0.717) is 37.9 Å². The Kier molecular flexibility index (Phi) is 18.8. The third-order valence-electron chi connectivity index (χ3n) is 8.41. The van der Waals surface area contributed by atoms with Gasteiger partial charge in [-0.1, -0.05) is 94.4 Å². The summed E-state index contributed by atoms with van der Waals surface area (Å²) < 4.78 is 34.4. The van der Waals surface area contributed by atoms with Gasteiger partial charge in [0, 0.05) is 25.7 Å². The Bertz CT molecular complexity index is 1240. The highest BCUT2D eigenvalue weighted by Crippen LogP contribution is 2.31. The zero-order valence-corrected chi connectivity index (χ0v) is 30.1. The summed E-state index contributed by atoms with van der Waals surface area (Å²) in [5, 5.41) is 0. The van der Waals surface area contributed by atoms with Crippen molar-refractivity contribution >= 4 is 11.9 Å². The molecule has 0 bridgehead atoms. The average molecular weight is 679 g/mol. The second-order valence-corrected chi connectivity index (χ2v) is 12.4. The topological polar surface area (TPSA) is 89.5 Å². The molecular weight excluding hydrogens is 620 g/mol. The molecule has 8 heteroatoms. The first kappa shape index (κ1) is 40.0. The summed E-state index contributed by atoms with van der Waals surface area (Å²) in [6, 6.07) is 16.8. The molecule has 0 N–H and O–H groups in total. The minimum absolute atomic E-state index is 0.0436. The van der Waals surface area contributed by atoms with Gasteiger partial charge in [-0.25, -0.2) is 9.59 Å². The Balaban J connectivity index is 1.48. The fourth-order valence-corrected chi connectivity index (χ4v) is 5.56. The van der Waals surface area contributed by atoms with Crippen molar-refractivity contribution < 1.29 is 38.0 Å². The first-order chi connectivity index (χ1) is 23.9. The minimum Gasteiger partial charge on any atom is -0.479 e. The van der Waals surface area contributed by atoms with Crippen LogP contribution in [0.1, 0.15) is 110 Å². The number of hydrogen-bond donors (Lipinski definition) is 0. The summed E-state index contributed by atoms with van der Waals surface area (Å²) in [4.78, 5) is 25.8. The zero-order chi connectivity index (χ0) is 35.2. The third kappa shape index (κ3) is 14.5. The standard InChI is InChI=1S/C41H58O8/c1-5-8-31-46-39(42)33(4)48-36-23-25-37(26-24-36)49-40(43)41(29-27-35(28-30-41)34-20-16-15-17-21-34)47-32-19-14-12-10-9-11-13-18-22-38(44-6-2)45-7-3/h15-17,20-21,23-30,33,35,38H,5-14,18-19,22,31-32H2,1-4H3. The smallest absolute Gasteiger partial charge is 0.351 e. The normalized spacial score (nSPS) is 17.6. The minimum atomic E-state index is -1.32. The molecule has 0 amide bonds. The van der Waals surface area contributed by atoms with E-state index < -0.39 is 23.6 Å². The molecule has 49 heavy (non-hydrogen) atoms. The van der Waals surface area contributed by atoms with Crippen molar-refractivity contribution in [1.29, 1.82) is 0 Å². The molecule has 270 valence electrons. The quantitative estimate of drug-likeness (QED) is 0.0338. The van der Waals surface area contributed by atoms with Gasteiger partial charge in [0.2, 0.25) is 5.60 Å². The van der Waals surface area contributed by atoms with Crippen LogP contribution in [0.5, 0.6) is 11.5 Å². The average Bonchev–Trinajstić information content (AvgIpc) is 3.12. The monoisotopic (exact) mass is 678 g/mol. The molecule has 1 aliphatic rings. The van der Waals surface area contributed by atoms with Gasteiger partial charge in [0.25, 0.3) is 0 Å². The Morgan fingerprint density at radius 2 is 1.31 bits per heavy atom. The van der Waals surface area contributed by atoms with E-state index in [1.807, 2.05) is 63.3 Å². The molecule has 1 atom stereocenters. The largest absolute Gasteiger partial charge is 0.479 e. The highest BCUT2D eigenvalue weighted by molar-refractivity contribution is 5.87. The van der Waals surface area contributed by atoms with E-state index >= 15 is 0 Å². The maximum atomic E-state index is 13.7. The van der Waals surface area contributed by atoms with Gasteiger partial charge < -0.3 is 28.4 Å².